The Labute approximate surface area is 216 Å². The van der Waals surface area contributed by atoms with Crippen LogP contribution >= 0.6 is 0 Å². The van der Waals surface area contributed by atoms with E-state index < -0.39 is 5.91 Å². The molecule has 11 nitrogen and oxygen atoms in total. The Morgan fingerprint density at radius 2 is 1.89 bits per heavy atom. The lowest BCUT2D eigenvalue weighted by molar-refractivity contribution is -0.136. The number of morpholine rings is 1. The number of aryl methyl sites for hydroxylation is 1. The van der Waals surface area contributed by atoms with E-state index in [1.54, 1.807) is 0 Å². The summed E-state index contributed by atoms with van der Waals surface area (Å²) < 4.78 is 5.34. The quantitative estimate of drug-likeness (QED) is 0.438. The van der Waals surface area contributed by atoms with Crippen LogP contribution in [-0.4, -0.2) is 96.6 Å². The second-order valence-electron chi connectivity index (χ2n) is 9.24. The van der Waals surface area contributed by atoms with Gasteiger partial charge in [0.05, 0.1) is 25.3 Å². The third-order valence-corrected chi connectivity index (χ3v) is 6.43. The summed E-state index contributed by atoms with van der Waals surface area (Å²) in [6.45, 7) is 6.41. The number of nitrogens with two attached hydrogens (primary N) is 1. The molecule has 0 atom stereocenters. The molecule has 2 aromatic heterocycles. The van der Waals surface area contributed by atoms with Crippen LogP contribution in [0.15, 0.2) is 36.7 Å². The molecule has 3 N–H and O–H groups in total. The molecule has 1 aliphatic heterocycles. The molecule has 0 unspecified atom stereocenters. The highest BCUT2D eigenvalue weighted by Gasteiger charge is 2.20. The predicted octanol–water partition coefficient (Wildman–Crippen LogP) is 1.07. The van der Waals surface area contributed by atoms with Crippen molar-refractivity contribution in [3.05, 3.63) is 53.5 Å². The number of anilines is 2. The standard InChI is InChI=1S/C26H34N8O3/c1-18-5-4-6-19-15-20(16-30-26(36)23-24(27)29-8-7-28-23)25(31-22(18)19)33(3)10-9-32(2)17-21(35)34-11-13-37-14-12-34/h4-8,15H,9-14,16-17H2,1-3H3,(H2,27,29)(H,30,36). The van der Waals surface area contributed by atoms with Crippen LogP contribution in [0.4, 0.5) is 11.6 Å². The summed E-state index contributed by atoms with van der Waals surface area (Å²) in [6.07, 6.45) is 2.88. The van der Waals surface area contributed by atoms with E-state index in [1.165, 1.54) is 12.4 Å². The van der Waals surface area contributed by atoms with E-state index >= 15 is 0 Å². The van der Waals surface area contributed by atoms with Crippen molar-refractivity contribution in [3.8, 4) is 0 Å². The maximum absolute atomic E-state index is 12.7. The number of nitrogens with one attached hydrogen (secondary N) is 1. The number of amides is 2. The van der Waals surface area contributed by atoms with E-state index in [9.17, 15) is 9.59 Å². The Bertz CT molecular complexity index is 1260. The summed E-state index contributed by atoms with van der Waals surface area (Å²) in [4.78, 5) is 44.2. The van der Waals surface area contributed by atoms with Crippen LogP contribution in [0.5, 0.6) is 0 Å². The Kier molecular flexibility index (Phi) is 8.47. The smallest absolute Gasteiger partial charge is 0.273 e. The first kappa shape index (κ1) is 26.2. The maximum Gasteiger partial charge on any atom is 0.273 e. The number of hydrogen-bond acceptors (Lipinski definition) is 9. The molecule has 4 rings (SSSR count). The molecule has 1 fully saturated rings. The number of nitrogen functional groups attached to an aromatic ring is 1. The van der Waals surface area contributed by atoms with Crippen molar-refractivity contribution in [1.29, 1.82) is 0 Å². The summed E-state index contributed by atoms with van der Waals surface area (Å²) in [5.41, 5.74) is 8.76. The Balaban J connectivity index is 1.47. The van der Waals surface area contributed by atoms with Gasteiger partial charge in [0.1, 0.15) is 5.82 Å². The maximum atomic E-state index is 12.7. The summed E-state index contributed by atoms with van der Waals surface area (Å²) >= 11 is 0. The van der Waals surface area contributed by atoms with Crippen molar-refractivity contribution >= 4 is 34.4 Å². The second kappa shape index (κ2) is 11.9. The van der Waals surface area contributed by atoms with Gasteiger partial charge in [0.2, 0.25) is 5.91 Å². The van der Waals surface area contributed by atoms with E-state index in [-0.39, 0.29) is 24.0 Å². The average Bonchev–Trinajstić information content (AvgIpc) is 2.91. The molecule has 196 valence electrons. The number of hydrogen-bond donors (Lipinski definition) is 2. The van der Waals surface area contributed by atoms with Gasteiger partial charge in [0, 0.05) is 63.1 Å². The number of rotatable bonds is 9. The fraction of sp³-hybridized carbons (Fsp3) is 0.423. The van der Waals surface area contributed by atoms with Crippen LogP contribution in [0.2, 0.25) is 0 Å². The van der Waals surface area contributed by atoms with Crippen LogP contribution < -0.4 is 16.0 Å². The van der Waals surface area contributed by atoms with Crippen LogP contribution in [0.1, 0.15) is 21.6 Å². The predicted molar refractivity (Wildman–Crippen MR) is 142 cm³/mol. The largest absolute Gasteiger partial charge is 0.382 e. The van der Waals surface area contributed by atoms with Gasteiger partial charge in [-0.05, 0) is 25.6 Å². The van der Waals surface area contributed by atoms with Crippen molar-refractivity contribution in [1.82, 2.24) is 30.1 Å². The van der Waals surface area contributed by atoms with E-state index in [4.69, 9.17) is 15.5 Å². The van der Waals surface area contributed by atoms with Gasteiger partial charge in [0.25, 0.3) is 5.91 Å². The average molecular weight is 507 g/mol. The zero-order valence-corrected chi connectivity index (χ0v) is 21.6. The molecule has 11 heteroatoms. The van der Waals surface area contributed by atoms with Crippen molar-refractivity contribution in [2.45, 2.75) is 13.5 Å². The SMILES string of the molecule is Cc1cccc2cc(CNC(=O)c3nccnc3N)c(N(C)CCN(C)CC(=O)N3CCOCC3)nc12. The van der Waals surface area contributed by atoms with Crippen molar-refractivity contribution in [3.63, 3.8) is 0 Å². The van der Waals surface area contributed by atoms with Crippen LogP contribution in [-0.2, 0) is 16.1 Å². The molecule has 37 heavy (non-hydrogen) atoms. The lowest BCUT2D eigenvalue weighted by Crippen LogP contribution is -2.46. The third kappa shape index (κ3) is 6.49. The number of fused-ring (bicyclic) bond motifs is 1. The van der Waals surface area contributed by atoms with E-state index in [0.29, 0.717) is 45.9 Å². The zero-order chi connectivity index (χ0) is 26.4. The number of nitrogens with zero attached hydrogens (tertiary/aromatic N) is 6. The monoisotopic (exact) mass is 506 g/mol. The number of para-hydroxylation sites is 1. The topological polar surface area (TPSA) is 130 Å². The minimum atomic E-state index is -0.398. The molecule has 0 saturated carbocycles. The molecule has 0 bridgehead atoms. The fourth-order valence-electron chi connectivity index (χ4n) is 4.27. The molecule has 1 saturated heterocycles. The highest BCUT2D eigenvalue weighted by Crippen LogP contribution is 2.25. The summed E-state index contributed by atoms with van der Waals surface area (Å²) in [5.74, 6) is 0.561. The van der Waals surface area contributed by atoms with Crippen molar-refractivity contribution < 1.29 is 14.3 Å². The number of carbonyl (C=O) groups is 2. The first-order valence-corrected chi connectivity index (χ1v) is 12.3. The number of aromatic nitrogens is 3. The summed E-state index contributed by atoms with van der Waals surface area (Å²) in [7, 11) is 3.91. The number of benzene rings is 1. The molecule has 2 amide bonds. The van der Waals surface area contributed by atoms with Crippen molar-refractivity contribution in [2.75, 3.05) is 70.7 Å². The van der Waals surface area contributed by atoms with Gasteiger partial charge in [-0.3, -0.25) is 14.5 Å². The minimum Gasteiger partial charge on any atom is -0.382 e. The number of ether oxygens (including phenoxy) is 1. The van der Waals surface area contributed by atoms with Crippen molar-refractivity contribution in [2.24, 2.45) is 0 Å². The molecule has 3 heterocycles. The Hall–Kier alpha value is -3.83. The fourth-order valence-corrected chi connectivity index (χ4v) is 4.27. The lowest BCUT2D eigenvalue weighted by atomic mass is 10.1. The molecule has 1 aliphatic rings. The Morgan fingerprint density at radius 1 is 1.14 bits per heavy atom. The minimum absolute atomic E-state index is 0.0827. The summed E-state index contributed by atoms with van der Waals surface area (Å²) in [6, 6.07) is 8.08. The second-order valence-corrected chi connectivity index (χ2v) is 9.24. The van der Waals surface area contributed by atoms with E-state index in [2.05, 4.69) is 20.2 Å². The van der Waals surface area contributed by atoms with E-state index in [0.717, 1.165) is 27.8 Å². The van der Waals surface area contributed by atoms with Gasteiger partial charge in [0.15, 0.2) is 11.5 Å². The van der Waals surface area contributed by atoms with Gasteiger partial charge in [-0.2, -0.15) is 0 Å². The first-order chi connectivity index (χ1) is 17.8. The number of carbonyl (C=O) groups excluding carboxylic acids is 2. The normalized spacial score (nSPS) is 13.7. The van der Waals surface area contributed by atoms with Gasteiger partial charge in [-0.15, -0.1) is 0 Å². The molecule has 0 aliphatic carbocycles. The van der Waals surface area contributed by atoms with Crippen LogP contribution in [0.25, 0.3) is 10.9 Å². The van der Waals surface area contributed by atoms with Crippen LogP contribution in [0.3, 0.4) is 0 Å². The van der Waals surface area contributed by atoms with Gasteiger partial charge < -0.3 is 25.6 Å². The molecule has 0 radical (unpaired) electrons. The number of likely N-dealkylation sites (N-methyl/N-ethyl adjacent to an activating group) is 2. The van der Waals surface area contributed by atoms with Gasteiger partial charge in [-0.25, -0.2) is 15.0 Å². The molecule has 1 aromatic carbocycles. The highest BCUT2D eigenvalue weighted by atomic mass is 16.5. The number of pyridine rings is 1. The zero-order valence-electron chi connectivity index (χ0n) is 21.6. The van der Waals surface area contributed by atoms with E-state index in [1.807, 2.05) is 55.1 Å². The molecular formula is C26H34N8O3. The van der Waals surface area contributed by atoms with Crippen LogP contribution in [0, 0.1) is 6.92 Å². The molecular weight excluding hydrogens is 472 g/mol. The Morgan fingerprint density at radius 3 is 2.65 bits per heavy atom. The van der Waals surface area contributed by atoms with Gasteiger partial charge >= 0.3 is 0 Å². The highest BCUT2D eigenvalue weighted by molar-refractivity contribution is 5.96. The third-order valence-electron chi connectivity index (χ3n) is 6.43. The molecule has 3 aromatic rings. The lowest BCUT2D eigenvalue weighted by Gasteiger charge is -2.29. The first-order valence-electron chi connectivity index (χ1n) is 12.3. The van der Waals surface area contributed by atoms with Gasteiger partial charge in [-0.1, -0.05) is 18.2 Å². The molecule has 0 spiro atoms. The summed E-state index contributed by atoms with van der Waals surface area (Å²) in [5, 5.41) is 3.89.